The zero-order chi connectivity index (χ0) is 4.12. The van der Waals surface area contributed by atoms with E-state index in [1.165, 1.54) is 17.5 Å². The molecule has 0 aliphatic carbocycles. The molecular formula is C3H3Cl2Li. The first-order chi connectivity index (χ1) is 2.41. The molecule has 0 radical (unpaired) electrons. The third-order valence-corrected chi connectivity index (χ3v) is 0.436. The first-order valence-corrected chi connectivity index (χ1v) is 1.98. The van der Waals surface area contributed by atoms with Crippen LogP contribution in [0.5, 0.6) is 0 Å². The predicted molar refractivity (Wildman–Crippen MR) is 25.1 cm³/mol. The molecular weight excluding hydrogens is 114 g/mol. The summed E-state index contributed by atoms with van der Waals surface area (Å²) in [6.07, 6.45) is 1.53. The van der Waals surface area contributed by atoms with Crippen LogP contribution >= 0.6 is 23.2 Å². The van der Waals surface area contributed by atoms with Gasteiger partial charge in [0.2, 0.25) is 0 Å². The second-order valence-corrected chi connectivity index (χ2v) is 0.948. The molecule has 0 nitrogen and oxygen atoms in total. The number of rotatable bonds is 1. The second-order valence-electron chi connectivity index (χ2n) is 0.444. The van der Waals surface area contributed by atoms with Gasteiger partial charge in [0.1, 0.15) is 0 Å². The van der Waals surface area contributed by atoms with Crippen molar-refractivity contribution in [2.24, 2.45) is 0 Å². The second kappa shape index (κ2) is 9.25. The smallest absolute Gasteiger partial charge is 0.213 e. The fraction of sp³-hybridized carbons (Fsp3) is 0. The Morgan fingerprint density at radius 2 is 2.00 bits per heavy atom. The summed E-state index contributed by atoms with van der Waals surface area (Å²) in [6, 6.07) is 0. The molecule has 0 amide bonds. The van der Waals surface area contributed by atoms with E-state index in [1.807, 2.05) is 0 Å². The topological polar surface area (TPSA) is 0 Å². The maximum absolute atomic E-state index is 5.01. The van der Waals surface area contributed by atoms with Gasteiger partial charge in [-0.2, -0.15) is 0 Å². The van der Waals surface area contributed by atoms with Gasteiger partial charge in [-0.25, -0.2) is 29.3 Å². The predicted octanol–water partition coefficient (Wildman–Crippen LogP) is -0.857. The van der Waals surface area contributed by atoms with Gasteiger partial charge in [0.15, 0.2) is 0 Å². The van der Waals surface area contributed by atoms with E-state index < -0.39 is 0 Å². The normalized spacial score (nSPS) is 7.67. The van der Waals surface area contributed by atoms with E-state index in [2.05, 4.69) is 0 Å². The number of halogens is 2. The van der Waals surface area contributed by atoms with Crippen LogP contribution in [0.3, 0.4) is 0 Å². The molecule has 0 aromatic rings. The molecule has 0 atom stereocenters. The Labute approximate surface area is 59.7 Å². The van der Waals surface area contributed by atoms with Crippen LogP contribution in [0.25, 0.3) is 0 Å². The number of hydrogen-bond acceptors (Lipinski definition) is 0. The molecule has 0 N–H and O–H groups in total. The molecule has 0 aromatic heterocycles. The largest absolute Gasteiger partial charge is 1.00 e. The average Bonchev–Trinajstić information content (AvgIpc) is 1.41. The van der Waals surface area contributed by atoms with Gasteiger partial charge in [0.25, 0.3) is 0 Å². The standard InChI is InChI=1S/C3H3Cl2.Li/c4-2-1-3-5;/h1-3H;/q-1;+1. The van der Waals surface area contributed by atoms with Gasteiger partial charge in [0, 0.05) is 0 Å². The van der Waals surface area contributed by atoms with Gasteiger partial charge >= 0.3 is 18.9 Å². The Morgan fingerprint density at radius 3 is 2.00 bits per heavy atom. The summed E-state index contributed by atoms with van der Waals surface area (Å²) >= 11 is 10.0. The zero-order valence-electron chi connectivity index (χ0n) is 3.49. The molecule has 6 heavy (non-hydrogen) atoms. The summed E-state index contributed by atoms with van der Waals surface area (Å²) in [6.45, 7) is 0. The maximum atomic E-state index is 5.01. The van der Waals surface area contributed by atoms with E-state index in [0.29, 0.717) is 0 Å². The molecule has 0 aromatic carbocycles. The quantitative estimate of drug-likeness (QED) is 0.309. The van der Waals surface area contributed by atoms with Crippen LogP contribution in [0.4, 0.5) is 0 Å². The van der Waals surface area contributed by atoms with Gasteiger partial charge in [-0.1, -0.05) is 0 Å². The summed E-state index contributed by atoms with van der Waals surface area (Å²) in [5.74, 6) is 1.34. The van der Waals surface area contributed by atoms with Crippen LogP contribution in [-0.2, 0) is 0 Å². The summed E-state index contributed by atoms with van der Waals surface area (Å²) in [4.78, 5) is 0. The van der Waals surface area contributed by atoms with Gasteiger partial charge in [-0.3, -0.25) is 0 Å². The molecule has 0 spiro atoms. The molecule has 0 aliphatic heterocycles. The Balaban J connectivity index is 0. The SMILES string of the molecule is ClC=C[CH-]Cl.[Li+]. The van der Waals surface area contributed by atoms with Gasteiger partial charge < -0.3 is 0 Å². The minimum atomic E-state index is 0. The van der Waals surface area contributed by atoms with Crippen molar-refractivity contribution in [1.82, 2.24) is 0 Å². The van der Waals surface area contributed by atoms with E-state index in [9.17, 15) is 0 Å². The van der Waals surface area contributed by atoms with Gasteiger partial charge in [0.05, 0.1) is 0 Å². The molecule has 0 bridgehead atoms. The Hall–Kier alpha value is 0.787. The molecule has 0 aliphatic rings. The van der Waals surface area contributed by atoms with Crippen molar-refractivity contribution >= 4 is 23.2 Å². The average molecular weight is 117 g/mol. The zero-order valence-corrected chi connectivity index (χ0v) is 5.00. The van der Waals surface area contributed by atoms with E-state index in [4.69, 9.17) is 23.2 Å². The van der Waals surface area contributed by atoms with Crippen LogP contribution in [0.15, 0.2) is 11.6 Å². The van der Waals surface area contributed by atoms with E-state index in [1.54, 1.807) is 0 Å². The van der Waals surface area contributed by atoms with Gasteiger partial charge in [-0.15, -0.1) is 11.4 Å². The van der Waals surface area contributed by atoms with Crippen molar-refractivity contribution in [2.45, 2.75) is 0 Å². The Bertz CT molecular complexity index is 35.8. The van der Waals surface area contributed by atoms with Crippen molar-refractivity contribution in [1.29, 1.82) is 0 Å². The summed E-state index contributed by atoms with van der Waals surface area (Å²) in [5.41, 5.74) is 1.34. The van der Waals surface area contributed by atoms with Crippen molar-refractivity contribution in [3.63, 3.8) is 0 Å². The third kappa shape index (κ3) is 8.84. The molecule has 3 heteroatoms. The minimum Gasteiger partial charge on any atom is -0.213 e. The van der Waals surface area contributed by atoms with Gasteiger partial charge in [-0.05, 0) is 0 Å². The third-order valence-electron chi connectivity index (χ3n) is 0.145. The van der Waals surface area contributed by atoms with Crippen molar-refractivity contribution in [3.05, 3.63) is 17.5 Å². The van der Waals surface area contributed by atoms with Crippen LogP contribution in [0.2, 0.25) is 0 Å². The van der Waals surface area contributed by atoms with Crippen LogP contribution in [0, 0.1) is 5.88 Å². The molecule has 0 rings (SSSR count). The fourth-order valence-electron chi connectivity index (χ4n) is 0.0275. The summed E-state index contributed by atoms with van der Waals surface area (Å²) in [5, 5.41) is 0. The van der Waals surface area contributed by atoms with Crippen molar-refractivity contribution in [3.8, 4) is 0 Å². The van der Waals surface area contributed by atoms with Crippen LogP contribution in [-0.4, -0.2) is 0 Å². The van der Waals surface area contributed by atoms with Crippen molar-refractivity contribution < 1.29 is 18.9 Å². The number of hydrogen-bond donors (Lipinski definition) is 0. The molecule has 0 saturated carbocycles. The monoisotopic (exact) mass is 116 g/mol. The summed E-state index contributed by atoms with van der Waals surface area (Å²) in [7, 11) is 0. The van der Waals surface area contributed by atoms with E-state index >= 15 is 0 Å². The minimum absolute atomic E-state index is 0. The summed E-state index contributed by atoms with van der Waals surface area (Å²) < 4.78 is 0. The Kier molecular flexibility index (Phi) is 15.3. The molecule has 0 saturated heterocycles. The Morgan fingerprint density at radius 1 is 1.50 bits per heavy atom. The van der Waals surface area contributed by atoms with Crippen LogP contribution < -0.4 is 18.9 Å². The van der Waals surface area contributed by atoms with Crippen LogP contribution in [0.1, 0.15) is 0 Å². The van der Waals surface area contributed by atoms with Crippen molar-refractivity contribution in [2.75, 3.05) is 0 Å². The molecule has 0 fully saturated rings. The fourth-order valence-corrected chi connectivity index (χ4v) is 0.247. The molecule has 0 unspecified atom stereocenters. The van der Waals surface area contributed by atoms with E-state index in [0.717, 1.165) is 0 Å². The van der Waals surface area contributed by atoms with E-state index in [-0.39, 0.29) is 18.9 Å². The molecule has 30 valence electrons. The maximum Gasteiger partial charge on any atom is 1.00 e. The first kappa shape index (κ1) is 9.92. The molecule has 0 heterocycles. The first-order valence-electron chi connectivity index (χ1n) is 1.10. The number of allylic oxidation sites excluding steroid dienone is 1.